The molecule has 0 bridgehead atoms. The molecule has 0 amide bonds. The number of carboxylic acids is 1. The van der Waals surface area contributed by atoms with Gasteiger partial charge in [0, 0.05) is 12.6 Å². The molecule has 0 unspecified atom stereocenters. The molecule has 0 saturated heterocycles. The average molecular weight is 235 g/mol. The van der Waals surface area contributed by atoms with Crippen LogP contribution in [0.1, 0.15) is 37.8 Å². The molecule has 5 nitrogen and oxygen atoms in total. The summed E-state index contributed by atoms with van der Waals surface area (Å²) in [5, 5.41) is 9.44. The first kappa shape index (κ1) is 11.8. The van der Waals surface area contributed by atoms with Crippen LogP contribution < -0.4 is 5.73 Å². The molecule has 92 valence electrons. The van der Waals surface area contributed by atoms with Gasteiger partial charge in [-0.25, -0.2) is 4.98 Å². The molecule has 1 aliphatic carbocycles. The highest BCUT2D eigenvalue weighted by atomic mass is 16.4. The van der Waals surface area contributed by atoms with Gasteiger partial charge in [0.05, 0.1) is 17.3 Å². The highest BCUT2D eigenvalue weighted by molar-refractivity contribution is 5.75. The maximum absolute atomic E-state index is 11.5. The lowest BCUT2D eigenvalue weighted by Crippen LogP contribution is -2.35. The maximum atomic E-state index is 11.5. The summed E-state index contributed by atoms with van der Waals surface area (Å²) in [5.41, 5.74) is 5.57. The minimum atomic E-state index is -0.721. The Hall–Kier alpha value is -1.65. The van der Waals surface area contributed by atoms with Gasteiger partial charge < -0.3 is 10.8 Å². The van der Waals surface area contributed by atoms with Gasteiger partial charge in [0.1, 0.15) is 5.82 Å². The van der Waals surface area contributed by atoms with Crippen molar-refractivity contribution in [2.45, 2.75) is 38.5 Å². The molecular formula is C12H17N3O2. The number of nitrogens with zero attached hydrogens (tertiary/aromatic N) is 2. The Balaban J connectivity index is 2.20. The van der Waals surface area contributed by atoms with Gasteiger partial charge in [0.25, 0.3) is 0 Å². The molecule has 0 spiro atoms. The molecule has 2 rings (SSSR count). The second kappa shape index (κ2) is 4.69. The lowest BCUT2D eigenvalue weighted by Gasteiger charge is -2.32. The van der Waals surface area contributed by atoms with Crippen LogP contribution in [0.2, 0.25) is 0 Å². The van der Waals surface area contributed by atoms with E-state index in [1.165, 1.54) is 6.20 Å². The van der Waals surface area contributed by atoms with Crippen molar-refractivity contribution in [3.8, 4) is 0 Å². The van der Waals surface area contributed by atoms with Crippen LogP contribution in [-0.4, -0.2) is 21.0 Å². The van der Waals surface area contributed by atoms with Crippen LogP contribution in [0.3, 0.4) is 0 Å². The summed E-state index contributed by atoms with van der Waals surface area (Å²) in [7, 11) is 0. The number of hydrogen-bond acceptors (Lipinski definition) is 4. The summed E-state index contributed by atoms with van der Waals surface area (Å²) >= 11 is 0. The smallest absolute Gasteiger partial charge is 0.310 e. The van der Waals surface area contributed by atoms with Crippen molar-refractivity contribution in [3.05, 3.63) is 18.1 Å². The third-order valence-corrected chi connectivity index (χ3v) is 3.49. The molecular weight excluding hydrogens is 218 g/mol. The second-order valence-electron chi connectivity index (χ2n) is 4.76. The summed E-state index contributed by atoms with van der Waals surface area (Å²) in [5.74, 6) is -0.375. The monoisotopic (exact) mass is 235 g/mol. The van der Waals surface area contributed by atoms with Gasteiger partial charge in [-0.3, -0.25) is 9.78 Å². The van der Waals surface area contributed by atoms with Crippen molar-refractivity contribution < 1.29 is 9.90 Å². The average Bonchev–Trinajstić information content (AvgIpc) is 2.30. The Morgan fingerprint density at radius 2 is 2.06 bits per heavy atom. The van der Waals surface area contributed by atoms with E-state index < -0.39 is 11.4 Å². The lowest BCUT2D eigenvalue weighted by molar-refractivity contribution is -0.151. The summed E-state index contributed by atoms with van der Waals surface area (Å²) in [6, 6.07) is 0. The van der Waals surface area contributed by atoms with E-state index in [0.717, 1.165) is 32.1 Å². The van der Waals surface area contributed by atoms with Gasteiger partial charge >= 0.3 is 5.97 Å². The van der Waals surface area contributed by atoms with Gasteiger partial charge in [-0.2, -0.15) is 0 Å². The van der Waals surface area contributed by atoms with Crippen molar-refractivity contribution >= 4 is 11.8 Å². The maximum Gasteiger partial charge on any atom is 0.310 e. The molecule has 1 aromatic rings. The van der Waals surface area contributed by atoms with Gasteiger partial charge in [0.15, 0.2) is 0 Å². The van der Waals surface area contributed by atoms with Crippen LogP contribution >= 0.6 is 0 Å². The molecule has 3 N–H and O–H groups in total. The molecule has 1 aliphatic rings. The van der Waals surface area contributed by atoms with E-state index >= 15 is 0 Å². The second-order valence-corrected chi connectivity index (χ2v) is 4.76. The van der Waals surface area contributed by atoms with E-state index in [1.54, 1.807) is 6.20 Å². The number of anilines is 1. The number of carboxylic acid groups (broad SMARTS) is 1. The zero-order chi connectivity index (χ0) is 12.3. The van der Waals surface area contributed by atoms with E-state index in [1.807, 2.05) is 0 Å². The summed E-state index contributed by atoms with van der Waals surface area (Å²) < 4.78 is 0. The third-order valence-electron chi connectivity index (χ3n) is 3.49. The minimum absolute atomic E-state index is 0.346. The predicted octanol–water partition coefficient (Wildman–Crippen LogP) is 1.64. The van der Waals surface area contributed by atoms with Gasteiger partial charge in [-0.05, 0) is 12.8 Å². The Morgan fingerprint density at radius 3 is 2.65 bits per heavy atom. The molecule has 0 aromatic carbocycles. The largest absolute Gasteiger partial charge is 0.481 e. The van der Waals surface area contributed by atoms with E-state index in [-0.39, 0.29) is 0 Å². The number of rotatable bonds is 3. The SMILES string of the molecule is Nc1cncc(CC2(C(=O)O)CCCCC2)n1. The van der Waals surface area contributed by atoms with E-state index in [9.17, 15) is 9.90 Å². The van der Waals surface area contributed by atoms with Crippen molar-refractivity contribution in [2.24, 2.45) is 5.41 Å². The van der Waals surface area contributed by atoms with Crippen LogP contribution in [0.5, 0.6) is 0 Å². The molecule has 0 radical (unpaired) electrons. The molecule has 1 aromatic heterocycles. The zero-order valence-electron chi connectivity index (χ0n) is 9.72. The Labute approximate surface area is 100 Å². The first-order valence-electron chi connectivity index (χ1n) is 5.92. The minimum Gasteiger partial charge on any atom is -0.481 e. The van der Waals surface area contributed by atoms with Crippen LogP contribution in [0.25, 0.3) is 0 Å². The molecule has 1 saturated carbocycles. The fourth-order valence-corrected chi connectivity index (χ4v) is 2.55. The fourth-order valence-electron chi connectivity index (χ4n) is 2.55. The summed E-state index contributed by atoms with van der Waals surface area (Å²) in [4.78, 5) is 19.6. The van der Waals surface area contributed by atoms with Crippen LogP contribution in [-0.2, 0) is 11.2 Å². The standard InChI is InChI=1S/C12H17N3O2/c13-10-8-14-7-9(15-10)6-12(11(16)17)4-2-1-3-5-12/h7-8H,1-6H2,(H2,13,15)(H,16,17). The van der Waals surface area contributed by atoms with Crippen molar-refractivity contribution in [1.82, 2.24) is 9.97 Å². The number of nitrogen functional groups attached to an aromatic ring is 1. The molecule has 0 aliphatic heterocycles. The van der Waals surface area contributed by atoms with E-state index in [2.05, 4.69) is 9.97 Å². The normalized spacial score (nSPS) is 18.8. The number of aromatic nitrogens is 2. The number of nitrogens with two attached hydrogens (primary N) is 1. The Morgan fingerprint density at radius 1 is 1.35 bits per heavy atom. The molecule has 0 atom stereocenters. The Kier molecular flexibility index (Phi) is 3.26. The highest BCUT2D eigenvalue weighted by Gasteiger charge is 2.40. The van der Waals surface area contributed by atoms with Crippen molar-refractivity contribution in [3.63, 3.8) is 0 Å². The molecule has 5 heteroatoms. The molecule has 1 fully saturated rings. The van der Waals surface area contributed by atoms with Crippen LogP contribution in [0.15, 0.2) is 12.4 Å². The fraction of sp³-hybridized carbons (Fsp3) is 0.583. The van der Waals surface area contributed by atoms with Gasteiger partial charge in [-0.15, -0.1) is 0 Å². The molecule has 17 heavy (non-hydrogen) atoms. The number of carbonyl (C=O) groups is 1. The van der Waals surface area contributed by atoms with Crippen molar-refractivity contribution in [1.29, 1.82) is 0 Å². The summed E-state index contributed by atoms with van der Waals surface area (Å²) in [6.07, 6.45) is 8.02. The molecule has 1 heterocycles. The zero-order valence-corrected chi connectivity index (χ0v) is 9.72. The third kappa shape index (κ3) is 2.54. The lowest BCUT2D eigenvalue weighted by atomic mass is 9.71. The number of aliphatic carboxylic acids is 1. The first-order chi connectivity index (χ1) is 8.12. The van der Waals surface area contributed by atoms with Crippen LogP contribution in [0.4, 0.5) is 5.82 Å². The first-order valence-corrected chi connectivity index (χ1v) is 5.92. The Bertz CT molecular complexity index is 414. The van der Waals surface area contributed by atoms with Crippen LogP contribution in [0, 0.1) is 5.41 Å². The topological polar surface area (TPSA) is 89.1 Å². The van der Waals surface area contributed by atoms with Gasteiger partial charge in [-0.1, -0.05) is 19.3 Å². The quantitative estimate of drug-likeness (QED) is 0.831. The predicted molar refractivity (Wildman–Crippen MR) is 63.3 cm³/mol. The number of hydrogen-bond donors (Lipinski definition) is 2. The highest BCUT2D eigenvalue weighted by Crippen LogP contribution is 2.39. The summed E-state index contributed by atoms with van der Waals surface area (Å²) in [6.45, 7) is 0. The van der Waals surface area contributed by atoms with E-state index in [0.29, 0.717) is 17.9 Å². The van der Waals surface area contributed by atoms with E-state index in [4.69, 9.17) is 5.73 Å². The van der Waals surface area contributed by atoms with Gasteiger partial charge in [0.2, 0.25) is 0 Å². The van der Waals surface area contributed by atoms with Crippen molar-refractivity contribution in [2.75, 3.05) is 5.73 Å².